The molecule has 0 N–H and O–H groups in total. The number of hydrogen-bond acceptors (Lipinski definition) is 2. The van der Waals surface area contributed by atoms with Gasteiger partial charge in [0.2, 0.25) is 0 Å². The molecule has 0 spiro atoms. The Balaban J connectivity index is 2.48. The van der Waals surface area contributed by atoms with Gasteiger partial charge in [0.15, 0.2) is 5.82 Å². The van der Waals surface area contributed by atoms with Crippen LogP contribution in [0.3, 0.4) is 0 Å². The van der Waals surface area contributed by atoms with Crippen LogP contribution in [0.1, 0.15) is 24.6 Å². The zero-order valence-electron chi connectivity index (χ0n) is 10.4. The van der Waals surface area contributed by atoms with Crippen LogP contribution in [0.5, 0.6) is 0 Å². The second-order valence-corrected chi connectivity index (χ2v) is 5.65. The number of aromatic nitrogens is 2. The van der Waals surface area contributed by atoms with Gasteiger partial charge >= 0.3 is 0 Å². The quantitative estimate of drug-likeness (QED) is 0.578. The van der Waals surface area contributed by atoms with Gasteiger partial charge in [-0.25, -0.2) is 9.97 Å². The lowest BCUT2D eigenvalue weighted by Gasteiger charge is -2.07. The highest BCUT2D eigenvalue weighted by molar-refractivity contribution is 14.1. The molecule has 0 saturated carbocycles. The molecule has 0 aliphatic rings. The molecule has 18 heavy (non-hydrogen) atoms. The van der Waals surface area contributed by atoms with E-state index in [2.05, 4.69) is 58.5 Å². The minimum absolute atomic E-state index is 0.546. The van der Waals surface area contributed by atoms with Crippen LogP contribution in [0.25, 0.3) is 11.4 Å². The van der Waals surface area contributed by atoms with Crippen LogP contribution in [0.15, 0.2) is 24.3 Å². The predicted octanol–water partition coefficient (Wildman–Crippen LogP) is 4.66. The first-order valence-electron chi connectivity index (χ1n) is 5.90. The third kappa shape index (κ3) is 3.01. The van der Waals surface area contributed by atoms with Crippen LogP contribution >= 0.6 is 34.2 Å². The standard InChI is InChI=1S/C14H14ClIN2/c1-3-4-11-12(16)13(15)18-14(17-11)10-7-5-9(2)6-8-10/h5-8H,3-4H2,1-2H3. The molecule has 0 aliphatic carbocycles. The smallest absolute Gasteiger partial charge is 0.161 e. The van der Waals surface area contributed by atoms with Crippen molar-refractivity contribution in [2.45, 2.75) is 26.7 Å². The summed E-state index contributed by atoms with van der Waals surface area (Å²) in [5.74, 6) is 0.712. The SMILES string of the molecule is CCCc1nc(-c2ccc(C)cc2)nc(Cl)c1I. The molecule has 1 heterocycles. The molecule has 0 fully saturated rings. The largest absolute Gasteiger partial charge is 0.232 e. The summed E-state index contributed by atoms with van der Waals surface area (Å²) in [6, 6.07) is 8.18. The van der Waals surface area contributed by atoms with E-state index in [9.17, 15) is 0 Å². The average molecular weight is 373 g/mol. The molecule has 1 aromatic carbocycles. The average Bonchev–Trinajstić information content (AvgIpc) is 2.36. The predicted molar refractivity (Wildman–Crippen MR) is 83.9 cm³/mol. The first-order valence-corrected chi connectivity index (χ1v) is 7.36. The Hall–Kier alpha value is -0.680. The molecule has 0 saturated heterocycles. The van der Waals surface area contributed by atoms with Crippen molar-refractivity contribution in [2.75, 3.05) is 0 Å². The molecule has 0 radical (unpaired) electrons. The summed E-state index contributed by atoms with van der Waals surface area (Å²) in [5, 5.41) is 0.546. The Morgan fingerprint density at radius 1 is 1.17 bits per heavy atom. The maximum atomic E-state index is 6.18. The third-order valence-corrected chi connectivity index (χ3v) is 4.40. The van der Waals surface area contributed by atoms with Crippen molar-refractivity contribution in [1.29, 1.82) is 0 Å². The van der Waals surface area contributed by atoms with Crippen molar-refractivity contribution in [2.24, 2.45) is 0 Å². The Kier molecular flexibility index (Phi) is 4.56. The lowest BCUT2D eigenvalue weighted by molar-refractivity contribution is 0.867. The van der Waals surface area contributed by atoms with Crippen molar-refractivity contribution < 1.29 is 0 Å². The first-order chi connectivity index (χ1) is 8.61. The van der Waals surface area contributed by atoms with E-state index in [0.29, 0.717) is 11.0 Å². The fourth-order valence-corrected chi connectivity index (χ4v) is 2.40. The minimum atomic E-state index is 0.546. The highest BCUT2D eigenvalue weighted by atomic mass is 127. The van der Waals surface area contributed by atoms with Crippen molar-refractivity contribution in [1.82, 2.24) is 9.97 Å². The van der Waals surface area contributed by atoms with Gasteiger partial charge in [-0.1, -0.05) is 54.8 Å². The number of hydrogen-bond donors (Lipinski definition) is 0. The van der Waals surface area contributed by atoms with Crippen LogP contribution in [0, 0.1) is 10.5 Å². The van der Waals surface area contributed by atoms with Gasteiger partial charge in [0, 0.05) is 5.56 Å². The second kappa shape index (κ2) is 5.97. The van der Waals surface area contributed by atoms with E-state index in [1.54, 1.807) is 0 Å². The number of aryl methyl sites for hydroxylation is 2. The van der Waals surface area contributed by atoms with E-state index in [1.165, 1.54) is 5.56 Å². The number of nitrogens with zero attached hydrogens (tertiary/aromatic N) is 2. The molecule has 0 aliphatic heterocycles. The third-order valence-electron chi connectivity index (χ3n) is 2.68. The van der Waals surface area contributed by atoms with Gasteiger partial charge in [-0.2, -0.15) is 0 Å². The maximum absolute atomic E-state index is 6.18. The van der Waals surface area contributed by atoms with Gasteiger partial charge in [0.05, 0.1) is 9.26 Å². The van der Waals surface area contributed by atoms with Gasteiger partial charge in [-0.05, 0) is 35.9 Å². The van der Waals surface area contributed by atoms with Crippen molar-refractivity contribution in [3.8, 4) is 11.4 Å². The number of halogens is 2. The molecular weight excluding hydrogens is 359 g/mol. The summed E-state index contributed by atoms with van der Waals surface area (Å²) in [5.41, 5.74) is 3.27. The first kappa shape index (κ1) is 13.7. The molecule has 2 nitrogen and oxygen atoms in total. The summed E-state index contributed by atoms with van der Waals surface area (Å²) in [7, 11) is 0. The Morgan fingerprint density at radius 3 is 2.44 bits per heavy atom. The van der Waals surface area contributed by atoms with Gasteiger partial charge in [0.25, 0.3) is 0 Å². The van der Waals surface area contributed by atoms with Gasteiger partial charge in [-0.3, -0.25) is 0 Å². The molecule has 0 atom stereocenters. The molecule has 0 bridgehead atoms. The van der Waals surface area contributed by atoms with Crippen LogP contribution in [-0.4, -0.2) is 9.97 Å². The lowest BCUT2D eigenvalue weighted by Crippen LogP contribution is -2.00. The molecule has 0 unspecified atom stereocenters. The van der Waals surface area contributed by atoms with E-state index in [4.69, 9.17) is 11.6 Å². The van der Waals surface area contributed by atoms with E-state index >= 15 is 0 Å². The molecular formula is C14H14ClIN2. The van der Waals surface area contributed by atoms with Crippen LogP contribution in [0.2, 0.25) is 5.15 Å². The van der Waals surface area contributed by atoms with E-state index in [-0.39, 0.29) is 0 Å². The summed E-state index contributed by atoms with van der Waals surface area (Å²) >= 11 is 8.39. The zero-order chi connectivity index (χ0) is 13.1. The summed E-state index contributed by atoms with van der Waals surface area (Å²) < 4.78 is 0.965. The molecule has 2 rings (SSSR count). The molecule has 0 amide bonds. The van der Waals surface area contributed by atoms with Crippen molar-refractivity contribution in [3.05, 3.63) is 44.2 Å². The van der Waals surface area contributed by atoms with E-state index in [0.717, 1.165) is 27.7 Å². The normalized spacial score (nSPS) is 10.7. The molecule has 94 valence electrons. The number of rotatable bonds is 3. The highest BCUT2D eigenvalue weighted by Crippen LogP contribution is 2.24. The molecule has 1 aromatic heterocycles. The van der Waals surface area contributed by atoms with Gasteiger partial charge in [0.1, 0.15) is 5.15 Å². The maximum Gasteiger partial charge on any atom is 0.161 e. The zero-order valence-corrected chi connectivity index (χ0v) is 13.3. The van der Waals surface area contributed by atoms with Gasteiger partial charge < -0.3 is 0 Å². The van der Waals surface area contributed by atoms with Crippen LogP contribution in [0.4, 0.5) is 0 Å². The lowest BCUT2D eigenvalue weighted by atomic mass is 10.1. The molecule has 4 heteroatoms. The van der Waals surface area contributed by atoms with Gasteiger partial charge in [-0.15, -0.1) is 0 Å². The highest BCUT2D eigenvalue weighted by Gasteiger charge is 2.11. The Bertz CT molecular complexity index is 552. The second-order valence-electron chi connectivity index (χ2n) is 4.21. The van der Waals surface area contributed by atoms with Crippen molar-refractivity contribution in [3.63, 3.8) is 0 Å². The fourth-order valence-electron chi connectivity index (χ4n) is 1.70. The Morgan fingerprint density at radius 2 is 1.83 bits per heavy atom. The monoisotopic (exact) mass is 372 g/mol. The summed E-state index contributed by atoms with van der Waals surface area (Å²) in [6.45, 7) is 4.20. The number of benzene rings is 1. The molecule has 2 aromatic rings. The van der Waals surface area contributed by atoms with Crippen LogP contribution < -0.4 is 0 Å². The summed E-state index contributed by atoms with van der Waals surface area (Å²) in [4.78, 5) is 8.98. The van der Waals surface area contributed by atoms with Crippen molar-refractivity contribution >= 4 is 34.2 Å². The summed E-state index contributed by atoms with van der Waals surface area (Å²) in [6.07, 6.45) is 1.98. The van der Waals surface area contributed by atoms with E-state index in [1.807, 2.05) is 12.1 Å². The fraction of sp³-hybridized carbons (Fsp3) is 0.286. The van der Waals surface area contributed by atoms with E-state index < -0.39 is 0 Å². The van der Waals surface area contributed by atoms with Crippen LogP contribution in [-0.2, 0) is 6.42 Å². The minimum Gasteiger partial charge on any atom is -0.232 e. The topological polar surface area (TPSA) is 25.8 Å². The Labute approximate surface area is 126 Å².